The first-order valence-corrected chi connectivity index (χ1v) is 8.86. The number of likely N-dealkylation sites (tertiary alicyclic amines) is 1. The maximum absolute atomic E-state index is 12.4. The molecule has 0 saturated carbocycles. The molecule has 0 bridgehead atoms. The van der Waals surface area contributed by atoms with Crippen molar-refractivity contribution in [2.24, 2.45) is 5.41 Å². The van der Waals surface area contributed by atoms with E-state index < -0.39 is 29.1 Å². The predicted octanol–water partition coefficient (Wildman–Crippen LogP) is 2.77. The van der Waals surface area contributed by atoms with Crippen molar-refractivity contribution in [1.82, 2.24) is 4.90 Å². The van der Waals surface area contributed by atoms with Gasteiger partial charge in [-0.15, -0.1) is 0 Å². The molecule has 2 rings (SSSR count). The van der Waals surface area contributed by atoms with Crippen LogP contribution in [0.4, 0.5) is 0 Å². The van der Waals surface area contributed by atoms with Crippen molar-refractivity contribution in [3.8, 4) is 0 Å². The Hall–Kier alpha value is -2.17. The molecule has 0 radical (unpaired) electrons. The fraction of sp³-hybridized carbons (Fsp3) is 0.550. The van der Waals surface area contributed by atoms with Crippen molar-refractivity contribution in [1.29, 1.82) is 0 Å². The molecule has 5 nitrogen and oxygen atoms in total. The summed E-state index contributed by atoms with van der Waals surface area (Å²) >= 11 is 0. The highest BCUT2D eigenvalue weighted by Gasteiger charge is 2.40. The summed E-state index contributed by atoms with van der Waals surface area (Å²) in [5.74, 6) is -1.44. The first kappa shape index (κ1) is 19.2. The second-order valence-electron chi connectivity index (χ2n) is 7.49. The summed E-state index contributed by atoms with van der Waals surface area (Å²) in [5.41, 5.74) is 0.455. The molecule has 1 aliphatic heterocycles. The van der Waals surface area contributed by atoms with Crippen LogP contribution in [0.1, 0.15) is 45.6 Å². The third-order valence-corrected chi connectivity index (χ3v) is 4.36. The van der Waals surface area contributed by atoms with Gasteiger partial charge in [-0.2, -0.15) is 0 Å². The van der Waals surface area contributed by atoms with Crippen LogP contribution < -0.4 is 0 Å². The molecular formula is C20H27NO4. The Morgan fingerprint density at radius 1 is 1.16 bits per heavy atom. The minimum atomic E-state index is -0.746. The Balaban J connectivity index is 1.83. The van der Waals surface area contributed by atoms with Crippen LogP contribution in [0.15, 0.2) is 30.3 Å². The van der Waals surface area contributed by atoms with Crippen LogP contribution >= 0.6 is 0 Å². The summed E-state index contributed by atoms with van der Waals surface area (Å²) in [6.45, 7) is 5.88. The predicted molar refractivity (Wildman–Crippen MR) is 94.9 cm³/mol. The molecule has 1 heterocycles. The molecule has 1 atom stereocenters. The summed E-state index contributed by atoms with van der Waals surface area (Å²) in [5, 5.41) is 0. The van der Waals surface area contributed by atoms with Gasteiger partial charge < -0.3 is 9.64 Å². The quantitative estimate of drug-likeness (QED) is 0.452. The van der Waals surface area contributed by atoms with Gasteiger partial charge in [0, 0.05) is 12.0 Å². The van der Waals surface area contributed by atoms with Crippen LogP contribution in [0.3, 0.4) is 0 Å². The van der Waals surface area contributed by atoms with Crippen LogP contribution in [0.5, 0.6) is 0 Å². The Kier molecular flexibility index (Phi) is 6.34. The molecule has 0 aliphatic carbocycles. The third-order valence-electron chi connectivity index (χ3n) is 4.36. The van der Waals surface area contributed by atoms with Gasteiger partial charge >= 0.3 is 5.97 Å². The molecule has 0 aromatic heterocycles. The topological polar surface area (TPSA) is 63.7 Å². The number of Topliss-reactive ketones (excluding diaryl/α,β-unsaturated/α-hetero) is 1. The van der Waals surface area contributed by atoms with Crippen LogP contribution in [0.25, 0.3) is 0 Å². The highest BCUT2D eigenvalue weighted by Crippen LogP contribution is 2.23. The first-order chi connectivity index (χ1) is 11.8. The van der Waals surface area contributed by atoms with E-state index >= 15 is 0 Å². The van der Waals surface area contributed by atoms with Gasteiger partial charge in [-0.1, -0.05) is 51.1 Å². The normalized spacial score (nSPS) is 17.4. The van der Waals surface area contributed by atoms with Crippen molar-refractivity contribution >= 4 is 17.7 Å². The fourth-order valence-electron chi connectivity index (χ4n) is 2.90. The Morgan fingerprint density at radius 3 is 2.48 bits per heavy atom. The molecule has 1 amide bonds. The van der Waals surface area contributed by atoms with Gasteiger partial charge in [0.05, 0.1) is 6.61 Å². The Morgan fingerprint density at radius 2 is 1.84 bits per heavy atom. The highest BCUT2D eigenvalue weighted by atomic mass is 16.5. The minimum Gasteiger partial charge on any atom is -0.464 e. The van der Waals surface area contributed by atoms with E-state index in [1.807, 2.05) is 30.3 Å². The number of hydrogen-bond donors (Lipinski definition) is 0. The number of amides is 1. The summed E-state index contributed by atoms with van der Waals surface area (Å²) in [6, 6.07) is 9.38. The molecule has 1 aromatic rings. The van der Waals surface area contributed by atoms with Crippen LogP contribution in [0, 0.1) is 5.41 Å². The molecular weight excluding hydrogens is 318 g/mol. The molecule has 1 aliphatic rings. The molecule has 1 aromatic carbocycles. The number of carbonyl (C=O) groups is 3. The zero-order valence-corrected chi connectivity index (χ0v) is 15.3. The lowest BCUT2D eigenvalue weighted by Gasteiger charge is -2.25. The summed E-state index contributed by atoms with van der Waals surface area (Å²) in [4.78, 5) is 38.3. The van der Waals surface area contributed by atoms with E-state index in [2.05, 4.69) is 0 Å². The fourth-order valence-corrected chi connectivity index (χ4v) is 2.90. The van der Waals surface area contributed by atoms with Crippen molar-refractivity contribution in [2.45, 2.75) is 52.5 Å². The van der Waals surface area contributed by atoms with E-state index in [9.17, 15) is 14.4 Å². The van der Waals surface area contributed by atoms with E-state index in [4.69, 9.17) is 4.74 Å². The third kappa shape index (κ3) is 5.15. The molecule has 25 heavy (non-hydrogen) atoms. The highest BCUT2D eigenvalue weighted by molar-refractivity contribution is 6.38. The number of rotatable bonds is 6. The molecule has 1 saturated heterocycles. The molecule has 1 fully saturated rings. The largest absolute Gasteiger partial charge is 0.464 e. The van der Waals surface area contributed by atoms with Crippen molar-refractivity contribution in [3.05, 3.63) is 35.9 Å². The maximum atomic E-state index is 12.4. The Labute approximate surface area is 149 Å². The number of nitrogens with zero attached hydrogens (tertiary/aromatic N) is 1. The summed E-state index contributed by atoms with van der Waals surface area (Å²) in [7, 11) is 0. The number of benzene rings is 1. The van der Waals surface area contributed by atoms with E-state index in [0.717, 1.165) is 12.8 Å². The average Bonchev–Trinajstić information content (AvgIpc) is 3.07. The van der Waals surface area contributed by atoms with Gasteiger partial charge in [0.25, 0.3) is 5.91 Å². The number of hydrogen-bond acceptors (Lipinski definition) is 4. The van der Waals surface area contributed by atoms with Gasteiger partial charge in [0.15, 0.2) is 0 Å². The number of aryl methyl sites for hydroxylation is 1. The molecule has 0 N–H and O–H groups in total. The maximum Gasteiger partial charge on any atom is 0.328 e. The second kappa shape index (κ2) is 8.28. The lowest BCUT2D eigenvalue weighted by Crippen LogP contribution is -2.47. The standard InChI is InChI=1S/C20H27NO4/c1-20(2,3)17(22)18(23)21-13-7-12-16(21)19(24)25-14-8-11-15-9-5-4-6-10-15/h4-6,9-10,16H,7-8,11-14H2,1-3H3/t16-/m0/s1. The lowest BCUT2D eigenvalue weighted by molar-refractivity contribution is -0.157. The van der Waals surface area contributed by atoms with E-state index in [-0.39, 0.29) is 0 Å². The van der Waals surface area contributed by atoms with Crippen LogP contribution in [-0.4, -0.2) is 41.8 Å². The van der Waals surface area contributed by atoms with Crippen molar-refractivity contribution in [3.63, 3.8) is 0 Å². The van der Waals surface area contributed by atoms with Crippen molar-refractivity contribution in [2.75, 3.05) is 13.2 Å². The second-order valence-corrected chi connectivity index (χ2v) is 7.49. The van der Waals surface area contributed by atoms with Crippen LogP contribution in [0.2, 0.25) is 0 Å². The van der Waals surface area contributed by atoms with Crippen molar-refractivity contribution < 1.29 is 19.1 Å². The Bertz CT molecular complexity index is 618. The molecule has 5 heteroatoms. The minimum absolute atomic E-state index is 0.319. The van der Waals surface area contributed by atoms with Gasteiger partial charge in [-0.3, -0.25) is 9.59 Å². The lowest BCUT2D eigenvalue weighted by atomic mass is 9.90. The van der Waals surface area contributed by atoms with E-state index in [1.54, 1.807) is 20.8 Å². The molecule has 136 valence electrons. The van der Waals surface area contributed by atoms with Gasteiger partial charge in [0.2, 0.25) is 5.78 Å². The number of ketones is 1. The van der Waals surface area contributed by atoms with Gasteiger partial charge in [-0.25, -0.2) is 4.79 Å². The summed E-state index contributed by atoms with van der Waals surface area (Å²) < 4.78 is 5.35. The van der Waals surface area contributed by atoms with Gasteiger partial charge in [0.1, 0.15) is 6.04 Å². The summed E-state index contributed by atoms with van der Waals surface area (Å²) in [6.07, 6.45) is 2.84. The molecule has 0 spiro atoms. The monoisotopic (exact) mass is 345 g/mol. The van der Waals surface area contributed by atoms with Crippen LogP contribution in [-0.2, 0) is 25.5 Å². The smallest absolute Gasteiger partial charge is 0.328 e. The number of esters is 1. The van der Waals surface area contributed by atoms with E-state index in [0.29, 0.717) is 26.0 Å². The number of ether oxygens (including phenoxy) is 1. The average molecular weight is 345 g/mol. The molecule has 0 unspecified atom stereocenters. The number of carbonyl (C=O) groups excluding carboxylic acids is 3. The SMILES string of the molecule is CC(C)(C)C(=O)C(=O)N1CCC[C@H]1C(=O)OCCCc1ccccc1. The zero-order chi connectivity index (χ0) is 18.4. The zero-order valence-electron chi connectivity index (χ0n) is 15.3. The van der Waals surface area contributed by atoms with Gasteiger partial charge in [-0.05, 0) is 31.2 Å². The first-order valence-electron chi connectivity index (χ1n) is 8.86. The van der Waals surface area contributed by atoms with E-state index in [1.165, 1.54) is 10.5 Å².